The molecule has 0 saturated carbocycles. The number of benzene rings is 1. The Labute approximate surface area is 116 Å². The first-order valence-corrected chi connectivity index (χ1v) is 7.21. The summed E-state index contributed by atoms with van der Waals surface area (Å²) in [5.74, 6) is 0. The van der Waals surface area contributed by atoms with Gasteiger partial charge in [0.1, 0.15) is 0 Å². The van der Waals surface area contributed by atoms with Crippen molar-refractivity contribution in [3.63, 3.8) is 0 Å². The molecule has 3 heteroatoms. The van der Waals surface area contributed by atoms with Crippen LogP contribution < -0.4 is 5.73 Å². The van der Waals surface area contributed by atoms with Crippen LogP contribution in [0, 0.1) is 0 Å². The summed E-state index contributed by atoms with van der Waals surface area (Å²) in [5, 5.41) is 0. The van der Waals surface area contributed by atoms with Crippen molar-refractivity contribution < 1.29 is 0 Å². The van der Waals surface area contributed by atoms with Crippen LogP contribution in [-0.2, 0) is 13.0 Å². The molecule has 1 unspecified atom stereocenters. The van der Waals surface area contributed by atoms with E-state index < -0.39 is 0 Å². The van der Waals surface area contributed by atoms with Gasteiger partial charge in [0.2, 0.25) is 0 Å². The number of rotatable bonds is 2. The number of hydrogen-bond donors (Lipinski definition) is 1. The lowest BCUT2D eigenvalue weighted by molar-refractivity contribution is 0.548. The topological polar surface area (TPSA) is 30.9 Å². The van der Waals surface area contributed by atoms with E-state index in [1.807, 2.05) is 0 Å². The molecule has 2 nitrogen and oxygen atoms in total. The van der Waals surface area contributed by atoms with Crippen molar-refractivity contribution in [2.24, 2.45) is 5.73 Å². The summed E-state index contributed by atoms with van der Waals surface area (Å²) >= 11 is 3.47. The van der Waals surface area contributed by atoms with Crippen LogP contribution in [0.25, 0.3) is 0 Å². The summed E-state index contributed by atoms with van der Waals surface area (Å²) in [6, 6.07) is 10.9. The Balaban J connectivity index is 1.87. The zero-order chi connectivity index (χ0) is 12.5. The summed E-state index contributed by atoms with van der Waals surface area (Å²) < 4.78 is 3.47. The third kappa shape index (κ3) is 2.25. The molecule has 0 saturated heterocycles. The molecule has 0 radical (unpaired) electrons. The Bertz CT molecular complexity index is 542. The average molecular weight is 305 g/mol. The van der Waals surface area contributed by atoms with E-state index in [4.69, 9.17) is 5.73 Å². The van der Waals surface area contributed by atoms with E-state index in [0.29, 0.717) is 0 Å². The van der Waals surface area contributed by atoms with Crippen molar-refractivity contribution in [1.29, 1.82) is 0 Å². The summed E-state index contributed by atoms with van der Waals surface area (Å²) in [6.07, 6.45) is 5.66. The molecular weight excluding hydrogens is 288 g/mol. The minimum absolute atomic E-state index is 0.236. The molecule has 94 valence electrons. The third-order valence-corrected chi connectivity index (χ3v) is 4.24. The molecule has 2 N–H and O–H groups in total. The van der Waals surface area contributed by atoms with Crippen molar-refractivity contribution in [2.75, 3.05) is 0 Å². The average Bonchev–Trinajstić information content (AvgIpc) is 2.77. The van der Waals surface area contributed by atoms with E-state index in [2.05, 4.69) is 57.0 Å². The Hall–Kier alpha value is -1.06. The lowest BCUT2D eigenvalue weighted by atomic mass is 9.93. The fourth-order valence-corrected chi connectivity index (χ4v) is 2.99. The highest BCUT2D eigenvalue weighted by Crippen LogP contribution is 2.29. The molecule has 1 aromatic carbocycles. The second kappa shape index (κ2) is 4.90. The van der Waals surface area contributed by atoms with Gasteiger partial charge >= 0.3 is 0 Å². The molecule has 2 aromatic rings. The molecule has 0 spiro atoms. The molecule has 3 rings (SSSR count). The Morgan fingerprint density at radius 2 is 2.00 bits per heavy atom. The van der Waals surface area contributed by atoms with E-state index in [-0.39, 0.29) is 6.04 Å². The van der Waals surface area contributed by atoms with Gasteiger partial charge in [-0.2, -0.15) is 0 Å². The molecule has 1 aliphatic rings. The second-order valence-corrected chi connectivity index (χ2v) is 5.89. The molecule has 1 aromatic heterocycles. The van der Waals surface area contributed by atoms with Gasteiger partial charge in [0.05, 0.1) is 0 Å². The highest BCUT2D eigenvalue weighted by Gasteiger charge is 2.19. The zero-order valence-corrected chi connectivity index (χ0v) is 11.9. The van der Waals surface area contributed by atoms with Gasteiger partial charge in [0, 0.05) is 29.0 Å². The number of hydrogen-bond acceptors (Lipinski definition) is 1. The van der Waals surface area contributed by atoms with Crippen LogP contribution >= 0.6 is 15.9 Å². The maximum Gasteiger partial charge on any atom is 0.0472 e. The van der Waals surface area contributed by atoms with Crippen LogP contribution in [0.5, 0.6) is 0 Å². The van der Waals surface area contributed by atoms with Crippen molar-refractivity contribution in [3.8, 4) is 0 Å². The number of nitrogens with two attached hydrogens (primary N) is 1. The minimum Gasteiger partial charge on any atom is -0.347 e. The van der Waals surface area contributed by atoms with Crippen molar-refractivity contribution in [1.82, 2.24) is 4.57 Å². The standard InChI is InChI=1S/C15H17BrN2/c16-12-6-4-11(5-7-12)10-18-9-8-13-14(17)2-1-3-15(13)18/h4-9,14H,1-3,10,17H2. The van der Waals surface area contributed by atoms with Crippen LogP contribution in [0.3, 0.4) is 0 Å². The maximum absolute atomic E-state index is 6.15. The molecule has 0 amide bonds. The molecule has 0 aliphatic heterocycles. The van der Waals surface area contributed by atoms with Crippen LogP contribution in [0.4, 0.5) is 0 Å². The first kappa shape index (κ1) is 12.0. The molecule has 1 heterocycles. The quantitative estimate of drug-likeness (QED) is 0.902. The van der Waals surface area contributed by atoms with Crippen LogP contribution in [0.2, 0.25) is 0 Å². The van der Waals surface area contributed by atoms with E-state index >= 15 is 0 Å². The van der Waals surface area contributed by atoms with Gasteiger partial charge in [-0.25, -0.2) is 0 Å². The Kier molecular flexibility index (Phi) is 3.27. The largest absolute Gasteiger partial charge is 0.347 e. The fraction of sp³-hybridized carbons (Fsp3) is 0.333. The first-order valence-electron chi connectivity index (χ1n) is 6.42. The van der Waals surface area contributed by atoms with Gasteiger partial charge in [0.25, 0.3) is 0 Å². The summed E-state index contributed by atoms with van der Waals surface area (Å²) in [5.41, 5.74) is 10.3. The summed E-state index contributed by atoms with van der Waals surface area (Å²) in [7, 11) is 0. The number of aromatic nitrogens is 1. The molecule has 0 fully saturated rings. The van der Waals surface area contributed by atoms with Gasteiger partial charge in [-0.15, -0.1) is 0 Å². The summed E-state index contributed by atoms with van der Waals surface area (Å²) in [4.78, 5) is 0. The maximum atomic E-state index is 6.15. The fourth-order valence-electron chi connectivity index (χ4n) is 2.73. The van der Waals surface area contributed by atoms with Gasteiger partial charge in [0.15, 0.2) is 0 Å². The van der Waals surface area contributed by atoms with Gasteiger partial charge in [-0.3, -0.25) is 0 Å². The first-order chi connectivity index (χ1) is 8.74. The number of fused-ring (bicyclic) bond motifs is 1. The molecular formula is C15H17BrN2. The second-order valence-electron chi connectivity index (χ2n) is 4.97. The lowest BCUT2D eigenvalue weighted by Gasteiger charge is -2.21. The van der Waals surface area contributed by atoms with Crippen molar-refractivity contribution in [2.45, 2.75) is 31.8 Å². The molecule has 1 aliphatic carbocycles. The predicted molar refractivity (Wildman–Crippen MR) is 77.5 cm³/mol. The number of nitrogens with zero attached hydrogens (tertiary/aromatic N) is 1. The van der Waals surface area contributed by atoms with E-state index in [9.17, 15) is 0 Å². The molecule has 18 heavy (non-hydrogen) atoms. The highest BCUT2D eigenvalue weighted by atomic mass is 79.9. The van der Waals surface area contributed by atoms with E-state index in [0.717, 1.165) is 23.9 Å². The summed E-state index contributed by atoms with van der Waals surface area (Å²) in [6.45, 7) is 0.940. The van der Waals surface area contributed by atoms with Gasteiger partial charge < -0.3 is 10.3 Å². The highest BCUT2D eigenvalue weighted by molar-refractivity contribution is 9.10. The Morgan fingerprint density at radius 1 is 1.22 bits per heavy atom. The van der Waals surface area contributed by atoms with E-state index in [1.54, 1.807) is 0 Å². The van der Waals surface area contributed by atoms with Crippen molar-refractivity contribution >= 4 is 15.9 Å². The SMILES string of the molecule is NC1CCCc2c1ccn2Cc1ccc(Br)cc1. The molecule has 1 atom stereocenters. The van der Waals surface area contributed by atoms with Gasteiger partial charge in [-0.1, -0.05) is 28.1 Å². The van der Waals surface area contributed by atoms with Gasteiger partial charge in [-0.05, 0) is 48.6 Å². The van der Waals surface area contributed by atoms with E-state index in [1.165, 1.54) is 23.2 Å². The smallest absolute Gasteiger partial charge is 0.0472 e. The van der Waals surface area contributed by atoms with Crippen molar-refractivity contribution in [3.05, 3.63) is 57.8 Å². The van der Waals surface area contributed by atoms with Crippen LogP contribution in [0.1, 0.15) is 35.7 Å². The normalized spacial score (nSPS) is 18.7. The van der Waals surface area contributed by atoms with Crippen LogP contribution in [-0.4, -0.2) is 4.57 Å². The molecule has 0 bridgehead atoms. The zero-order valence-electron chi connectivity index (χ0n) is 10.3. The Morgan fingerprint density at radius 3 is 2.78 bits per heavy atom. The monoisotopic (exact) mass is 304 g/mol. The lowest BCUT2D eigenvalue weighted by Crippen LogP contribution is -2.18. The predicted octanol–water partition coefficient (Wildman–Crippen LogP) is 3.64. The third-order valence-electron chi connectivity index (χ3n) is 3.71. The number of halogens is 1. The minimum atomic E-state index is 0.236. The van der Waals surface area contributed by atoms with Crippen LogP contribution in [0.15, 0.2) is 41.0 Å².